The maximum absolute atomic E-state index is 10.0. The van der Waals surface area contributed by atoms with Crippen LogP contribution in [0.25, 0.3) is 6.08 Å². The van der Waals surface area contributed by atoms with Crippen molar-refractivity contribution in [2.75, 3.05) is 0 Å². The minimum atomic E-state index is 0.243. The van der Waals surface area contributed by atoms with Gasteiger partial charge in [-0.25, -0.2) is 0 Å². The van der Waals surface area contributed by atoms with E-state index in [0.717, 1.165) is 17.4 Å². The van der Waals surface area contributed by atoms with Crippen LogP contribution in [0.3, 0.4) is 0 Å². The molecule has 0 saturated heterocycles. The number of carbonyl (C=O) groups is 1. The van der Waals surface area contributed by atoms with Crippen LogP contribution >= 0.6 is 0 Å². The van der Waals surface area contributed by atoms with Crippen LogP contribution in [0.4, 0.5) is 0 Å². The molecule has 0 aromatic heterocycles. The van der Waals surface area contributed by atoms with Crippen molar-refractivity contribution in [3.05, 3.63) is 35.4 Å². The van der Waals surface area contributed by atoms with Crippen molar-refractivity contribution in [1.29, 1.82) is 0 Å². The van der Waals surface area contributed by atoms with Crippen LogP contribution in [0.5, 0.6) is 5.75 Å². The van der Waals surface area contributed by atoms with E-state index in [9.17, 15) is 9.90 Å². The monoisotopic (exact) mass is 176 g/mol. The average Bonchev–Trinajstić information content (AvgIpc) is 2.11. The summed E-state index contributed by atoms with van der Waals surface area (Å²) in [5.41, 5.74) is 1.84. The SMILES string of the molecule is Cc1ccc(O)c(C=CCC=O)c1. The van der Waals surface area contributed by atoms with Crippen LogP contribution in [0, 0.1) is 6.92 Å². The third-order valence-electron chi connectivity index (χ3n) is 1.71. The molecule has 0 unspecified atom stereocenters. The van der Waals surface area contributed by atoms with Crippen molar-refractivity contribution in [3.8, 4) is 5.75 Å². The Hall–Kier alpha value is -1.57. The molecular weight excluding hydrogens is 164 g/mol. The normalized spacial score (nSPS) is 10.5. The number of aromatic hydroxyl groups is 1. The highest BCUT2D eigenvalue weighted by atomic mass is 16.3. The molecule has 0 atom stereocenters. The average molecular weight is 176 g/mol. The zero-order chi connectivity index (χ0) is 9.68. The summed E-state index contributed by atoms with van der Waals surface area (Å²) in [7, 11) is 0. The van der Waals surface area contributed by atoms with Gasteiger partial charge in [0.1, 0.15) is 12.0 Å². The lowest BCUT2D eigenvalue weighted by atomic mass is 10.1. The molecule has 0 aliphatic heterocycles. The lowest BCUT2D eigenvalue weighted by Crippen LogP contribution is -1.77. The highest BCUT2D eigenvalue weighted by Crippen LogP contribution is 2.19. The number of hydrogen-bond acceptors (Lipinski definition) is 2. The molecule has 0 heterocycles. The summed E-state index contributed by atoms with van der Waals surface area (Å²) >= 11 is 0. The number of aldehydes is 1. The Morgan fingerprint density at radius 1 is 1.46 bits per heavy atom. The quantitative estimate of drug-likeness (QED) is 0.717. The lowest BCUT2D eigenvalue weighted by molar-refractivity contribution is -0.107. The molecule has 2 nitrogen and oxygen atoms in total. The fourth-order valence-corrected chi connectivity index (χ4v) is 1.06. The number of phenolic OH excluding ortho intramolecular Hbond substituents is 1. The van der Waals surface area contributed by atoms with Crippen LogP contribution in [0.1, 0.15) is 17.5 Å². The zero-order valence-corrected chi connectivity index (χ0v) is 7.53. The number of phenols is 1. The first-order valence-electron chi connectivity index (χ1n) is 4.14. The molecular formula is C11H12O2. The van der Waals surface area contributed by atoms with E-state index in [2.05, 4.69) is 0 Å². The molecule has 1 aromatic carbocycles. The van der Waals surface area contributed by atoms with E-state index in [-0.39, 0.29) is 5.75 Å². The second kappa shape index (κ2) is 4.45. The summed E-state index contributed by atoms with van der Waals surface area (Å²) in [5.74, 6) is 0.243. The van der Waals surface area contributed by atoms with Gasteiger partial charge in [0.15, 0.2) is 0 Å². The topological polar surface area (TPSA) is 37.3 Å². The Morgan fingerprint density at radius 3 is 2.92 bits per heavy atom. The molecule has 1 N–H and O–H groups in total. The summed E-state index contributed by atoms with van der Waals surface area (Å²) in [6, 6.07) is 5.36. The smallest absolute Gasteiger partial charge is 0.123 e. The van der Waals surface area contributed by atoms with Gasteiger partial charge in [-0.15, -0.1) is 0 Å². The van der Waals surface area contributed by atoms with Gasteiger partial charge in [0.25, 0.3) is 0 Å². The molecule has 68 valence electrons. The van der Waals surface area contributed by atoms with Crippen molar-refractivity contribution in [3.63, 3.8) is 0 Å². The summed E-state index contributed by atoms with van der Waals surface area (Å²) in [5, 5.41) is 9.39. The van der Waals surface area contributed by atoms with Gasteiger partial charge in [0.05, 0.1) is 0 Å². The number of allylic oxidation sites excluding steroid dienone is 1. The van der Waals surface area contributed by atoms with E-state index in [4.69, 9.17) is 0 Å². The van der Waals surface area contributed by atoms with Gasteiger partial charge < -0.3 is 9.90 Å². The van der Waals surface area contributed by atoms with E-state index in [1.807, 2.05) is 19.1 Å². The molecule has 0 saturated carbocycles. The van der Waals surface area contributed by atoms with Gasteiger partial charge in [-0.3, -0.25) is 0 Å². The first-order valence-corrected chi connectivity index (χ1v) is 4.14. The minimum absolute atomic E-state index is 0.243. The van der Waals surface area contributed by atoms with E-state index in [1.165, 1.54) is 0 Å². The van der Waals surface area contributed by atoms with E-state index in [0.29, 0.717) is 6.42 Å². The Balaban J connectivity index is 2.86. The maximum Gasteiger partial charge on any atom is 0.123 e. The third-order valence-corrected chi connectivity index (χ3v) is 1.71. The van der Waals surface area contributed by atoms with Crippen molar-refractivity contribution in [2.24, 2.45) is 0 Å². The van der Waals surface area contributed by atoms with Crippen LogP contribution in [-0.4, -0.2) is 11.4 Å². The largest absolute Gasteiger partial charge is 0.507 e. The number of benzene rings is 1. The molecule has 13 heavy (non-hydrogen) atoms. The summed E-state index contributed by atoms with van der Waals surface area (Å²) in [4.78, 5) is 10.0. The molecule has 0 spiro atoms. The Bertz CT molecular complexity index is 327. The number of hydrogen-bond donors (Lipinski definition) is 1. The predicted octanol–water partition coefficient (Wildman–Crippen LogP) is 2.30. The molecule has 0 aliphatic carbocycles. The summed E-state index contributed by atoms with van der Waals surface area (Å²) in [6.07, 6.45) is 4.68. The standard InChI is InChI=1S/C11H12O2/c1-9-5-6-11(13)10(8-9)4-2-3-7-12/h2,4-8,13H,3H2,1H3. The van der Waals surface area contributed by atoms with Crippen molar-refractivity contribution < 1.29 is 9.90 Å². The highest BCUT2D eigenvalue weighted by molar-refractivity contribution is 5.61. The minimum Gasteiger partial charge on any atom is -0.507 e. The molecule has 0 bridgehead atoms. The molecule has 0 fully saturated rings. The van der Waals surface area contributed by atoms with Gasteiger partial charge in [-0.2, -0.15) is 0 Å². The first kappa shape index (κ1) is 9.52. The van der Waals surface area contributed by atoms with Crippen molar-refractivity contribution in [1.82, 2.24) is 0 Å². The summed E-state index contributed by atoms with van der Waals surface area (Å²) < 4.78 is 0. The molecule has 0 aliphatic rings. The predicted molar refractivity (Wildman–Crippen MR) is 52.6 cm³/mol. The maximum atomic E-state index is 10.0. The Labute approximate surface area is 77.5 Å². The molecule has 1 rings (SSSR count). The van der Waals surface area contributed by atoms with Crippen LogP contribution < -0.4 is 0 Å². The third kappa shape index (κ3) is 2.75. The van der Waals surface area contributed by atoms with Crippen molar-refractivity contribution in [2.45, 2.75) is 13.3 Å². The molecule has 2 heteroatoms. The summed E-state index contributed by atoms with van der Waals surface area (Å²) in [6.45, 7) is 1.95. The number of aryl methyl sites for hydroxylation is 1. The van der Waals surface area contributed by atoms with Crippen molar-refractivity contribution >= 4 is 12.4 Å². The Morgan fingerprint density at radius 2 is 2.23 bits per heavy atom. The molecule has 0 radical (unpaired) electrons. The lowest BCUT2D eigenvalue weighted by Gasteiger charge is -1.99. The molecule has 0 amide bonds. The second-order valence-electron chi connectivity index (χ2n) is 2.87. The number of rotatable bonds is 3. The zero-order valence-electron chi connectivity index (χ0n) is 7.53. The fraction of sp³-hybridized carbons (Fsp3) is 0.182. The second-order valence-corrected chi connectivity index (χ2v) is 2.87. The van der Waals surface area contributed by atoms with Crippen LogP contribution in [0.2, 0.25) is 0 Å². The first-order chi connectivity index (χ1) is 6.24. The van der Waals surface area contributed by atoms with Gasteiger partial charge in [0, 0.05) is 12.0 Å². The molecule has 1 aromatic rings. The van der Waals surface area contributed by atoms with Gasteiger partial charge in [-0.05, 0) is 19.1 Å². The van der Waals surface area contributed by atoms with Gasteiger partial charge in [-0.1, -0.05) is 23.8 Å². The fourth-order valence-electron chi connectivity index (χ4n) is 1.06. The van der Waals surface area contributed by atoms with Gasteiger partial charge in [0.2, 0.25) is 0 Å². The van der Waals surface area contributed by atoms with Crippen LogP contribution in [0.15, 0.2) is 24.3 Å². The van der Waals surface area contributed by atoms with E-state index in [1.54, 1.807) is 18.2 Å². The van der Waals surface area contributed by atoms with Crippen LogP contribution in [-0.2, 0) is 4.79 Å². The van der Waals surface area contributed by atoms with Gasteiger partial charge >= 0.3 is 0 Å². The van der Waals surface area contributed by atoms with E-state index >= 15 is 0 Å². The van der Waals surface area contributed by atoms with E-state index < -0.39 is 0 Å². The Kier molecular flexibility index (Phi) is 3.26. The highest BCUT2D eigenvalue weighted by Gasteiger charge is 1.95. The number of carbonyl (C=O) groups excluding carboxylic acids is 1.